The minimum absolute atomic E-state index is 0.0126. The number of hydrogen-bond acceptors (Lipinski definition) is 4. The number of carbonyl (C=O) groups is 2. The monoisotopic (exact) mass is 384 g/mol. The van der Waals surface area contributed by atoms with E-state index in [1.165, 1.54) is 0 Å². The van der Waals surface area contributed by atoms with E-state index in [0.717, 1.165) is 29.9 Å². The molecule has 3 rings (SSSR count). The van der Waals surface area contributed by atoms with Gasteiger partial charge in [-0.15, -0.1) is 0 Å². The van der Waals surface area contributed by atoms with Crippen molar-refractivity contribution in [3.63, 3.8) is 0 Å². The van der Waals surface area contributed by atoms with E-state index in [1.807, 2.05) is 62.0 Å². The van der Waals surface area contributed by atoms with Gasteiger partial charge in [0, 0.05) is 44.3 Å². The molecule has 7 heteroatoms. The van der Waals surface area contributed by atoms with Crippen LogP contribution in [-0.4, -0.2) is 54.1 Å². The lowest BCUT2D eigenvalue weighted by Gasteiger charge is -2.34. The third kappa shape index (κ3) is 4.79. The van der Waals surface area contributed by atoms with Crippen LogP contribution in [0.4, 0.5) is 5.69 Å². The summed E-state index contributed by atoms with van der Waals surface area (Å²) in [4.78, 5) is 27.0. The number of ether oxygens (including phenoxy) is 1. The second kappa shape index (κ2) is 9.03. The third-order valence-corrected chi connectivity index (χ3v) is 5.12. The van der Waals surface area contributed by atoms with Gasteiger partial charge in [0.1, 0.15) is 0 Å². The molecule has 2 N–H and O–H groups in total. The fourth-order valence-corrected chi connectivity index (χ4v) is 3.45. The number of rotatable bonds is 5. The SMILES string of the molecule is Cc1ccc(C)c(NC(=O)C(=O)NCC(c2cccn2C)N2CCOCC2)c1. The molecule has 1 fully saturated rings. The number of aromatic nitrogens is 1. The van der Waals surface area contributed by atoms with Crippen molar-refractivity contribution >= 4 is 17.5 Å². The largest absolute Gasteiger partial charge is 0.379 e. The second-order valence-corrected chi connectivity index (χ2v) is 7.19. The fraction of sp³-hybridized carbons (Fsp3) is 0.429. The highest BCUT2D eigenvalue weighted by Crippen LogP contribution is 2.21. The molecule has 1 aromatic heterocycles. The van der Waals surface area contributed by atoms with Crippen LogP contribution < -0.4 is 10.6 Å². The van der Waals surface area contributed by atoms with E-state index < -0.39 is 11.8 Å². The summed E-state index contributed by atoms with van der Waals surface area (Å²) in [5.41, 5.74) is 3.70. The number of aryl methyl sites for hydroxylation is 3. The van der Waals surface area contributed by atoms with Gasteiger partial charge in [0.15, 0.2) is 0 Å². The Morgan fingerprint density at radius 1 is 1.14 bits per heavy atom. The lowest BCUT2D eigenvalue weighted by atomic mass is 10.1. The molecule has 150 valence electrons. The Labute approximate surface area is 165 Å². The predicted octanol–water partition coefficient (Wildman–Crippen LogP) is 1.77. The maximum absolute atomic E-state index is 12.4. The molecule has 1 saturated heterocycles. The highest BCUT2D eigenvalue weighted by molar-refractivity contribution is 6.39. The van der Waals surface area contributed by atoms with Crippen molar-refractivity contribution < 1.29 is 14.3 Å². The number of amides is 2. The topological polar surface area (TPSA) is 75.6 Å². The predicted molar refractivity (Wildman–Crippen MR) is 108 cm³/mol. The molecule has 2 amide bonds. The van der Waals surface area contributed by atoms with E-state index in [-0.39, 0.29) is 6.04 Å². The first kappa shape index (κ1) is 20.1. The zero-order chi connectivity index (χ0) is 20.1. The zero-order valence-electron chi connectivity index (χ0n) is 16.7. The fourth-order valence-electron chi connectivity index (χ4n) is 3.45. The summed E-state index contributed by atoms with van der Waals surface area (Å²) in [6, 6.07) is 9.77. The van der Waals surface area contributed by atoms with E-state index in [1.54, 1.807) is 0 Å². The molecule has 1 atom stereocenters. The lowest BCUT2D eigenvalue weighted by Crippen LogP contribution is -2.46. The molecule has 1 aromatic carbocycles. The van der Waals surface area contributed by atoms with Crippen LogP contribution in [0, 0.1) is 13.8 Å². The van der Waals surface area contributed by atoms with Crippen molar-refractivity contribution in [2.75, 3.05) is 38.2 Å². The van der Waals surface area contributed by atoms with Gasteiger partial charge in [-0.05, 0) is 43.2 Å². The van der Waals surface area contributed by atoms with Crippen molar-refractivity contribution in [1.82, 2.24) is 14.8 Å². The van der Waals surface area contributed by atoms with Gasteiger partial charge in [-0.3, -0.25) is 14.5 Å². The average Bonchev–Trinajstić information content (AvgIpc) is 3.11. The highest BCUT2D eigenvalue weighted by atomic mass is 16.5. The van der Waals surface area contributed by atoms with E-state index >= 15 is 0 Å². The minimum atomic E-state index is -0.652. The molecule has 2 heterocycles. The Morgan fingerprint density at radius 3 is 2.57 bits per heavy atom. The second-order valence-electron chi connectivity index (χ2n) is 7.19. The van der Waals surface area contributed by atoms with Crippen molar-refractivity contribution in [2.24, 2.45) is 7.05 Å². The van der Waals surface area contributed by atoms with Crippen LogP contribution in [0.25, 0.3) is 0 Å². The Kier molecular flexibility index (Phi) is 6.49. The molecular formula is C21H28N4O3. The first-order valence-electron chi connectivity index (χ1n) is 9.55. The van der Waals surface area contributed by atoms with Gasteiger partial charge in [-0.2, -0.15) is 0 Å². The average molecular weight is 384 g/mol. The normalized spacial score (nSPS) is 15.8. The van der Waals surface area contributed by atoms with Crippen molar-refractivity contribution in [3.05, 3.63) is 53.3 Å². The van der Waals surface area contributed by atoms with Crippen LogP contribution >= 0.6 is 0 Å². The van der Waals surface area contributed by atoms with Crippen LogP contribution in [0.3, 0.4) is 0 Å². The maximum atomic E-state index is 12.4. The highest BCUT2D eigenvalue weighted by Gasteiger charge is 2.26. The van der Waals surface area contributed by atoms with Crippen LogP contribution in [0.1, 0.15) is 22.9 Å². The molecule has 0 bridgehead atoms. The van der Waals surface area contributed by atoms with Crippen molar-refractivity contribution in [2.45, 2.75) is 19.9 Å². The number of hydrogen-bond donors (Lipinski definition) is 2. The molecule has 7 nitrogen and oxygen atoms in total. The van der Waals surface area contributed by atoms with Gasteiger partial charge >= 0.3 is 11.8 Å². The molecule has 0 spiro atoms. The van der Waals surface area contributed by atoms with Crippen LogP contribution in [0.15, 0.2) is 36.5 Å². The van der Waals surface area contributed by atoms with Crippen molar-refractivity contribution in [1.29, 1.82) is 0 Å². The molecule has 0 aliphatic carbocycles. The molecule has 1 aliphatic heterocycles. The number of nitrogens with one attached hydrogen (secondary N) is 2. The summed E-state index contributed by atoms with van der Waals surface area (Å²) < 4.78 is 7.49. The Morgan fingerprint density at radius 2 is 1.89 bits per heavy atom. The number of benzene rings is 1. The summed E-state index contributed by atoms with van der Waals surface area (Å²) in [6.45, 7) is 7.13. The zero-order valence-corrected chi connectivity index (χ0v) is 16.7. The Hall–Kier alpha value is -2.64. The first-order valence-corrected chi connectivity index (χ1v) is 9.55. The van der Waals surface area contributed by atoms with Gasteiger partial charge in [0.05, 0.1) is 19.3 Å². The van der Waals surface area contributed by atoms with Gasteiger partial charge in [0.2, 0.25) is 0 Å². The number of anilines is 1. The molecule has 28 heavy (non-hydrogen) atoms. The van der Waals surface area contributed by atoms with Gasteiger partial charge in [-0.1, -0.05) is 12.1 Å². The maximum Gasteiger partial charge on any atom is 0.313 e. The number of morpholine rings is 1. The standard InChI is InChI=1S/C21H28N4O3/c1-15-6-7-16(2)17(13-15)23-21(27)20(26)22-14-19(18-5-4-8-24(18)3)25-9-11-28-12-10-25/h4-8,13,19H,9-12,14H2,1-3H3,(H,22,26)(H,23,27). The van der Waals surface area contributed by atoms with Crippen molar-refractivity contribution in [3.8, 4) is 0 Å². The smallest absolute Gasteiger partial charge is 0.313 e. The van der Waals surface area contributed by atoms with E-state index in [9.17, 15) is 9.59 Å². The lowest BCUT2D eigenvalue weighted by molar-refractivity contribution is -0.136. The quantitative estimate of drug-likeness (QED) is 0.771. The summed E-state index contributed by atoms with van der Waals surface area (Å²) in [6.07, 6.45) is 1.98. The summed E-state index contributed by atoms with van der Waals surface area (Å²) in [5, 5.41) is 5.51. The van der Waals surface area contributed by atoms with Gasteiger partial charge < -0.3 is 19.9 Å². The van der Waals surface area contributed by atoms with Gasteiger partial charge in [-0.25, -0.2) is 0 Å². The van der Waals surface area contributed by atoms with E-state index in [2.05, 4.69) is 15.5 Å². The molecule has 1 aliphatic rings. The minimum Gasteiger partial charge on any atom is -0.379 e. The van der Waals surface area contributed by atoms with Crippen LogP contribution in [0.5, 0.6) is 0 Å². The van der Waals surface area contributed by atoms with Crippen LogP contribution in [-0.2, 0) is 21.4 Å². The summed E-state index contributed by atoms with van der Waals surface area (Å²) >= 11 is 0. The molecule has 0 saturated carbocycles. The molecular weight excluding hydrogens is 356 g/mol. The third-order valence-electron chi connectivity index (χ3n) is 5.12. The van der Waals surface area contributed by atoms with E-state index in [0.29, 0.717) is 25.4 Å². The molecule has 1 unspecified atom stereocenters. The molecule has 0 radical (unpaired) electrons. The van der Waals surface area contributed by atoms with Gasteiger partial charge in [0.25, 0.3) is 0 Å². The Balaban J connectivity index is 1.65. The number of carbonyl (C=O) groups excluding carboxylic acids is 2. The summed E-state index contributed by atoms with van der Waals surface area (Å²) in [7, 11) is 1.98. The number of nitrogens with zero attached hydrogens (tertiary/aromatic N) is 2. The van der Waals surface area contributed by atoms with Crippen LogP contribution in [0.2, 0.25) is 0 Å². The summed E-state index contributed by atoms with van der Waals surface area (Å²) in [5.74, 6) is -1.28. The Bertz CT molecular complexity index is 840. The molecule has 2 aromatic rings. The first-order chi connectivity index (χ1) is 13.5. The van der Waals surface area contributed by atoms with E-state index in [4.69, 9.17) is 4.74 Å².